The summed E-state index contributed by atoms with van der Waals surface area (Å²) in [6.45, 7) is 3.68. The molecule has 0 atom stereocenters. The molecule has 39 heavy (non-hydrogen) atoms. The molecule has 0 aliphatic carbocycles. The zero-order valence-electron chi connectivity index (χ0n) is 22.0. The number of hydrogen-bond donors (Lipinski definition) is 0. The molecule has 0 saturated carbocycles. The molecule has 0 unspecified atom stereocenters. The van der Waals surface area contributed by atoms with Crippen molar-refractivity contribution in [1.29, 1.82) is 0 Å². The lowest BCUT2D eigenvalue weighted by Crippen LogP contribution is -2.12. The quantitative estimate of drug-likeness (QED) is 0.209. The van der Waals surface area contributed by atoms with E-state index in [1.54, 1.807) is 0 Å². The summed E-state index contributed by atoms with van der Waals surface area (Å²) in [7, 11) is 0. The van der Waals surface area contributed by atoms with Crippen molar-refractivity contribution in [2.75, 3.05) is 6.61 Å². The van der Waals surface area contributed by atoms with Gasteiger partial charge >= 0.3 is 0 Å². The van der Waals surface area contributed by atoms with Crippen molar-refractivity contribution in [1.82, 2.24) is 0 Å². The minimum atomic E-state index is 0.502. The van der Waals surface area contributed by atoms with E-state index in [9.17, 15) is 0 Å². The fourth-order valence-corrected chi connectivity index (χ4v) is 4.85. The molecule has 5 aromatic rings. The number of aryl methyl sites for hydroxylation is 1. The second kappa shape index (κ2) is 11.3. The van der Waals surface area contributed by atoms with Gasteiger partial charge in [0.05, 0.1) is 0 Å². The number of fused-ring (bicyclic) bond motifs is 1. The van der Waals surface area contributed by atoms with Crippen molar-refractivity contribution < 1.29 is 14.2 Å². The Morgan fingerprint density at radius 1 is 0.590 bits per heavy atom. The lowest BCUT2D eigenvalue weighted by atomic mass is 9.87. The van der Waals surface area contributed by atoms with Crippen LogP contribution >= 0.6 is 0 Å². The average molecular weight is 511 g/mol. The van der Waals surface area contributed by atoms with Crippen LogP contribution in [0.3, 0.4) is 0 Å². The molecule has 0 amide bonds. The number of hydrogen-bond acceptors (Lipinski definition) is 3. The first kappa shape index (κ1) is 24.6. The monoisotopic (exact) mass is 510 g/mol. The Labute approximate surface area is 229 Å². The summed E-state index contributed by atoms with van der Waals surface area (Å²) < 4.78 is 18.3. The molecule has 3 heteroatoms. The van der Waals surface area contributed by atoms with Crippen LogP contribution in [-0.4, -0.2) is 6.61 Å². The van der Waals surface area contributed by atoms with Crippen LogP contribution in [0.1, 0.15) is 33.4 Å². The smallest absolute Gasteiger partial charge is 0.127 e. The highest BCUT2D eigenvalue weighted by atomic mass is 16.5. The normalized spacial score (nSPS) is 12.4. The van der Waals surface area contributed by atoms with Crippen molar-refractivity contribution in [2.45, 2.75) is 20.1 Å². The van der Waals surface area contributed by atoms with Crippen LogP contribution in [0.15, 0.2) is 127 Å². The van der Waals surface area contributed by atoms with E-state index in [1.807, 2.05) is 60.7 Å². The van der Waals surface area contributed by atoms with E-state index in [0.29, 0.717) is 19.8 Å². The zero-order chi connectivity index (χ0) is 26.4. The second-order valence-electron chi connectivity index (χ2n) is 9.74. The van der Waals surface area contributed by atoms with Gasteiger partial charge in [0.15, 0.2) is 0 Å². The lowest BCUT2D eigenvalue weighted by Gasteiger charge is -2.25. The molecule has 6 rings (SSSR count). The second-order valence-corrected chi connectivity index (χ2v) is 9.74. The maximum absolute atomic E-state index is 6.26. The highest BCUT2D eigenvalue weighted by molar-refractivity contribution is 6.01. The van der Waals surface area contributed by atoms with Crippen molar-refractivity contribution in [3.8, 4) is 17.2 Å². The summed E-state index contributed by atoms with van der Waals surface area (Å²) in [6, 6.07) is 43.5. The van der Waals surface area contributed by atoms with Gasteiger partial charge in [-0.2, -0.15) is 0 Å². The Morgan fingerprint density at radius 3 is 1.69 bits per heavy atom. The summed E-state index contributed by atoms with van der Waals surface area (Å²) in [5, 5.41) is 0. The van der Waals surface area contributed by atoms with E-state index >= 15 is 0 Å². The van der Waals surface area contributed by atoms with E-state index in [0.717, 1.165) is 50.6 Å². The molecule has 0 aromatic heterocycles. The van der Waals surface area contributed by atoms with Crippen LogP contribution in [0, 0.1) is 6.92 Å². The fraction of sp³-hybridized carbons (Fsp3) is 0.111. The standard InChI is InChI=1S/C36H30O3/c1-26-12-21-33-35(22-26)39-25-34(29-13-17-31(18-14-29)37-23-27-8-4-2-5-9-27)36(33)30-15-19-32(20-16-30)38-24-28-10-6-3-7-11-28/h2-22H,23-25H2,1H3. The summed E-state index contributed by atoms with van der Waals surface area (Å²) in [5.41, 5.74) is 9.17. The molecule has 192 valence electrons. The van der Waals surface area contributed by atoms with Gasteiger partial charge in [0.1, 0.15) is 37.1 Å². The Morgan fingerprint density at radius 2 is 1.13 bits per heavy atom. The van der Waals surface area contributed by atoms with Gasteiger partial charge in [-0.1, -0.05) is 97.1 Å². The highest BCUT2D eigenvalue weighted by Gasteiger charge is 2.23. The first-order valence-corrected chi connectivity index (χ1v) is 13.2. The Balaban J connectivity index is 1.29. The van der Waals surface area contributed by atoms with E-state index in [-0.39, 0.29) is 0 Å². The Kier molecular flexibility index (Phi) is 7.13. The summed E-state index contributed by atoms with van der Waals surface area (Å²) in [5.74, 6) is 2.61. The van der Waals surface area contributed by atoms with Crippen molar-refractivity contribution in [3.63, 3.8) is 0 Å². The molecular weight excluding hydrogens is 480 g/mol. The summed E-state index contributed by atoms with van der Waals surface area (Å²) in [4.78, 5) is 0. The molecule has 1 aliphatic heterocycles. The minimum absolute atomic E-state index is 0.502. The fourth-order valence-electron chi connectivity index (χ4n) is 4.85. The first-order valence-electron chi connectivity index (χ1n) is 13.2. The van der Waals surface area contributed by atoms with Crippen molar-refractivity contribution in [3.05, 3.63) is 161 Å². The van der Waals surface area contributed by atoms with Gasteiger partial charge in [0.25, 0.3) is 0 Å². The summed E-state index contributed by atoms with van der Waals surface area (Å²) >= 11 is 0. The van der Waals surface area contributed by atoms with Gasteiger partial charge < -0.3 is 14.2 Å². The predicted molar refractivity (Wildman–Crippen MR) is 157 cm³/mol. The first-order chi connectivity index (χ1) is 19.2. The molecule has 0 N–H and O–H groups in total. The van der Waals surface area contributed by atoms with Gasteiger partial charge in [-0.15, -0.1) is 0 Å². The molecule has 0 spiro atoms. The minimum Gasteiger partial charge on any atom is -0.489 e. The maximum atomic E-state index is 6.26. The molecule has 0 bridgehead atoms. The van der Waals surface area contributed by atoms with Crippen molar-refractivity contribution >= 4 is 11.1 Å². The zero-order valence-corrected chi connectivity index (χ0v) is 22.0. The largest absolute Gasteiger partial charge is 0.489 e. The van der Waals surface area contributed by atoms with Gasteiger partial charge in [-0.05, 0) is 70.6 Å². The molecule has 0 fully saturated rings. The van der Waals surface area contributed by atoms with Crippen LogP contribution in [0.25, 0.3) is 11.1 Å². The van der Waals surface area contributed by atoms with E-state index in [2.05, 4.69) is 73.7 Å². The van der Waals surface area contributed by atoms with Gasteiger partial charge in [-0.25, -0.2) is 0 Å². The van der Waals surface area contributed by atoms with E-state index in [4.69, 9.17) is 14.2 Å². The predicted octanol–water partition coefficient (Wildman–Crippen LogP) is 8.50. The SMILES string of the molecule is Cc1ccc2c(c1)OCC(c1ccc(OCc3ccccc3)cc1)=C2c1ccc(OCc2ccccc2)cc1. The Bertz CT molecular complexity index is 1570. The number of benzene rings is 5. The van der Waals surface area contributed by atoms with Crippen LogP contribution in [-0.2, 0) is 13.2 Å². The number of rotatable bonds is 8. The van der Waals surface area contributed by atoms with Crippen molar-refractivity contribution in [2.24, 2.45) is 0 Å². The van der Waals surface area contributed by atoms with Crippen LogP contribution < -0.4 is 14.2 Å². The van der Waals surface area contributed by atoms with Crippen LogP contribution in [0.4, 0.5) is 0 Å². The Hall–Kier alpha value is -4.76. The summed E-state index contributed by atoms with van der Waals surface area (Å²) in [6.07, 6.45) is 0. The third kappa shape index (κ3) is 5.73. The lowest BCUT2D eigenvalue weighted by molar-refractivity contribution is 0.306. The van der Waals surface area contributed by atoms with Crippen LogP contribution in [0.2, 0.25) is 0 Å². The third-order valence-corrected chi connectivity index (χ3v) is 6.92. The molecule has 5 aromatic carbocycles. The van der Waals surface area contributed by atoms with Gasteiger partial charge in [0, 0.05) is 11.1 Å². The number of ether oxygens (including phenoxy) is 3. The maximum Gasteiger partial charge on any atom is 0.127 e. The van der Waals surface area contributed by atoms with E-state index < -0.39 is 0 Å². The molecule has 3 nitrogen and oxygen atoms in total. The molecule has 0 radical (unpaired) electrons. The van der Waals surface area contributed by atoms with Gasteiger partial charge in [0.2, 0.25) is 0 Å². The molecule has 1 aliphatic rings. The third-order valence-electron chi connectivity index (χ3n) is 6.92. The molecule has 0 saturated heterocycles. The molecular formula is C36H30O3. The highest BCUT2D eigenvalue weighted by Crippen LogP contribution is 2.42. The molecule has 1 heterocycles. The van der Waals surface area contributed by atoms with Gasteiger partial charge in [-0.3, -0.25) is 0 Å². The average Bonchev–Trinajstić information content (AvgIpc) is 3.00. The van der Waals surface area contributed by atoms with Crippen LogP contribution in [0.5, 0.6) is 17.2 Å². The topological polar surface area (TPSA) is 27.7 Å². The van der Waals surface area contributed by atoms with E-state index in [1.165, 1.54) is 11.1 Å².